The number of benzene rings is 2. The third-order valence-corrected chi connectivity index (χ3v) is 3.49. The Labute approximate surface area is 112 Å². The van der Waals surface area contributed by atoms with Gasteiger partial charge in [-0.05, 0) is 36.6 Å². The molecule has 0 bridgehead atoms. The van der Waals surface area contributed by atoms with Gasteiger partial charge in [-0.2, -0.15) is 0 Å². The number of imidazole rings is 1. The summed E-state index contributed by atoms with van der Waals surface area (Å²) in [5.41, 5.74) is 11.2. The van der Waals surface area contributed by atoms with Crippen LogP contribution in [0.15, 0.2) is 42.5 Å². The highest BCUT2D eigenvalue weighted by molar-refractivity contribution is 5.86. The molecule has 3 heteroatoms. The molecule has 0 unspecified atom stereocenters. The van der Waals surface area contributed by atoms with Crippen LogP contribution < -0.4 is 5.73 Å². The van der Waals surface area contributed by atoms with E-state index in [9.17, 15) is 0 Å². The fourth-order valence-corrected chi connectivity index (χ4v) is 2.37. The molecule has 0 saturated carbocycles. The second-order valence-corrected chi connectivity index (χ2v) is 4.85. The summed E-state index contributed by atoms with van der Waals surface area (Å²) in [4.78, 5) is 7.91. The predicted octanol–water partition coefficient (Wildman–Crippen LogP) is 3.24. The summed E-state index contributed by atoms with van der Waals surface area (Å²) in [6, 6.07) is 14.3. The Morgan fingerprint density at radius 3 is 2.68 bits per heavy atom. The Bertz CT molecular complexity index is 713. The summed E-state index contributed by atoms with van der Waals surface area (Å²) >= 11 is 0. The van der Waals surface area contributed by atoms with E-state index in [4.69, 9.17) is 5.73 Å². The fraction of sp³-hybridized carbons (Fsp3) is 0.188. The molecular formula is C16H17N3. The number of H-pyrrole nitrogens is 1. The van der Waals surface area contributed by atoms with Gasteiger partial charge in [0.1, 0.15) is 11.3 Å². The van der Waals surface area contributed by atoms with Crippen LogP contribution in [-0.2, 0) is 12.8 Å². The molecule has 0 saturated heterocycles. The van der Waals surface area contributed by atoms with Crippen molar-refractivity contribution >= 4 is 16.7 Å². The number of nitrogens with zero attached hydrogens (tertiary/aromatic N) is 1. The minimum absolute atomic E-state index is 0.732. The van der Waals surface area contributed by atoms with E-state index < -0.39 is 0 Å². The van der Waals surface area contributed by atoms with Gasteiger partial charge in [0.15, 0.2) is 0 Å². The minimum Gasteiger partial charge on any atom is -0.397 e. The van der Waals surface area contributed by atoms with Gasteiger partial charge in [0.2, 0.25) is 0 Å². The summed E-state index contributed by atoms with van der Waals surface area (Å²) in [5, 5.41) is 0. The van der Waals surface area contributed by atoms with E-state index in [-0.39, 0.29) is 0 Å². The lowest BCUT2D eigenvalue weighted by Crippen LogP contribution is -1.95. The molecule has 0 aliphatic rings. The van der Waals surface area contributed by atoms with Crippen molar-refractivity contribution in [3.63, 3.8) is 0 Å². The summed E-state index contributed by atoms with van der Waals surface area (Å²) in [7, 11) is 0. The molecular weight excluding hydrogens is 234 g/mol. The number of aryl methyl sites for hydroxylation is 3. The molecule has 0 spiro atoms. The predicted molar refractivity (Wildman–Crippen MR) is 79.1 cm³/mol. The molecule has 1 heterocycles. The molecule has 3 aromatic rings. The lowest BCUT2D eigenvalue weighted by atomic mass is 10.0. The lowest BCUT2D eigenvalue weighted by molar-refractivity contribution is 0.884. The van der Waals surface area contributed by atoms with Crippen molar-refractivity contribution in [2.75, 3.05) is 5.73 Å². The molecule has 3 rings (SSSR count). The van der Waals surface area contributed by atoms with E-state index in [0.29, 0.717) is 0 Å². The van der Waals surface area contributed by atoms with Gasteiger partial charge < -0.3 is 10.7 Å². The molecule has 19 heavy (non-hydrogen) atoms. The number of nitrogens with two attached hydrogens (primary N) is 1. The first-order valence-corrected chi connectivity index (χ1v) is 6.51. The normalized spacial score (nSPS) is 11.0. The number of fused-ring (bicyclic) bond motifs is 1. The molecule has 0 radical (unpaired) electrons. The SMILES string of the molecule is Cc1ccccc1CCc1nc2c(N)cccc2[nH]1. The van der Waals surface area contributed by atoms with E-state index in [1.54, 1.807) is 0 Å². The van der Waals surface area contributed by atoms with E-state index >= 15 is 0 Å². The van der Waals surface area contributed by atoms with Crippen molar-refractivity contribution in [1.82, 2.24) is 9.97 Å². The van der Waals surface area contributed by atoms with Crippen LogP contribution in [0.4, 0.5) is 5.69 Å². The second kappa shape index (κ2) is 4.76. The average Bonchev–Trinajstić information content (AvgIpc) is 2.82. The van der Waals surface area contributed by atoms with Gasteiger partial charge >= 0.3 is 0 Å². The molecule has 0 fully saturated rings. The summed E-state index contributed by atoms with van der Waals surface area (Å²) in [5.74, 6) is 0.996. The van der Waals surface area contributed by atoms with Gasteiger partial charge in [0.25, 0.3) is 0 Å². The second-order valence-electron chi connectivity index (χ2n) is 4.85. The smallest absolute Gasteiger partial charge is 0.111 e. The van der Waals surface area contributed by atoms with Crippen molar-refractivity contribution in [3.8, 4) is 0 Å². The molecule has 1 aromatic heterocycles. The number of aromatic nitrogens is 2. The number of rotatable bonds is 3. The molecule has 0 aliphatic carbocycles. The van der Waals surface area contributed by atoms with Crippen LogP contribution in [-0.4, -0.2) is 9.97 Å². The average molecular weight is 251 g/mol. The highest BCUT2D eigenvalue weighted by atomic mass is 14.9. The third kappa shape index (κ3) is 2.32. The quantitative estimate of drug-likeness (QED) is 0.702. The van der Waals surface area contributed by atoms with Crippen LogP contribution in [0.5, 0.6) is 0 Å². The van der Waals surface area contributed by atoms with Gasteiger partial charge in [0, 0.05) is 6.42 Å². The number of nitrogens with one attached hydrogen (secondary N) is 1. The number of aromatic amines is 1. The van der Waals surface area contributed by atoms with Crippen LogP contribution in [0.3, 0.4) is 0 Å². The van der Waals surface area contributed by atoms with Crippen molar-refractivity contribution in [1.29, 1.82) is 0 Å². The summed E-state index contributed by atoms with van der Waals surface area (Å²) in [6.07, 6.45) is 1.89. The number of anilines is 1. The molecule has 0 aliphatic heterocycles. The van der Waals surface area contributed by atoms with E-state index in [1.165, 1.54) is 11.1 Å². The minimum atomic E-state index is 0.732. The first kappa shape index (κ1) is 11.8. The highest BCUT2D eigenvalue weighted by Crippen LogP contribution is 2.19. The first-order valence-electron chi connectivity index (χ1n) is 6.51. The van der Waals surface area contributed by atoms with E-state index in [1.807, 2.05) is 18.2 Å². The van der Waals surface area contributed by atoms with Gasteiger partial charge in [0.05, 0.1) is 11.2 Å². The summed E-state index contributed by atoms with van der Waals surface area (Å²) < 4.78 is 0. The van der Waals surface area contributed by atoms with Crippen LogP contribution in [0.25, 0.3) is 11.0 Å². The Kier molecular flexibility index (Phi) is 2.95. The zero-order valence-corrected chi connectivity index (χ0v) is 11.0. The van der Waals surface area contributed by atoms with Crippen LogP contribution >= 0.6 is 0 Å². The topological polar surface area (TPSA) is 54.7 Å². The monoisotopic (exact) mass is 251 g/mol. The Balaban J connectivity index is 1.83. The standard InChI is InChI=1S/C16H17N3/c1-11-5-2-3-6-12(11)9-10-15-18-14-8-4-7-13(17)16(14)19-15/h2-8H,9-10,17H2,1H3,(H,18,19). The largest absolute Gasteiger partial charge is 0.397 e. The molecule has 96 valence electrons. The maximum atomic E-state index is 5.92. The van der Waals surface area contributed by atoms with Gasteiger partial charge in [-0.25, -0.2) is 4.98 Å². The Hall–Kier alpha value is -2.29. The van der Waals surface area contributed by atoms with Crippen molar-refractivity contribution in [2.24, 2.45) is 0 Å². The van der Waals surface area contributed by atoms with Crippen LogP contribution in [0.1, 0.15) is 17.0 Å². The van der Waals surface area contributed by atoms with Crippen LogP contribution in [0.2, 0.25) is 0 Å². The van der Waals surface area contributed by atoms with E-state index in [0.717, 1.165) is 35.4 Å². The number of hydrogen-bond acceptors (Lipinski definition) is 2. The molecule has 2 aromatic carbocycles. The van der Waals surface area contributed by atoms with Crippen molar-refractivity contribution in [3.05, 3.63) is 59.4 Å². The molecule has 0 atom stereocenters. The molecule has 3 N–H and O–H groups in total. The van der Waals surface area contributed by atoms with Gasteiger partial charge in [-0.3, -0.25) is 0 Å². The number of hydrogen-bond donors (Lipinski definition) is 2. The summed E-state index contributed by atoms with van der Waals surface area (Å²) in [6.45, 7) is 2.14. The van der Waals surface area contributed by atoms with Gasteiger partial charge in [-0.15, -0.1) is 0 Å². The molecule has 3 nitrogen and oxygen atoms in total. The fourth-order valence-electron chi connectivity index (χ4n) is 2.37. The van der Waals surface area contributed by atoms with Crippen LogP contribution in [0, 0.1) is 6.92 Å². The number of nitrogen functional groups attached to an aromatic ring is 1. The zero-order valence-electron chi connectivity index (χ0n) is 11.0. The van der Waals surface area contributed by atoms with Crippen molar-refractivity contribution in [2.45, 2.75) is 19.8 Å². The maximum Gasteiger partial charge on any atom is 0.111 e. The Morgan fingerprint density at radius 1 is 1.05 bits per heavy atom. The Morgan fingerprint density at radius 2 is 1.89 bits per heavy atom. The van der Waals surface area contributed by atoms with Crippen molar-refractivity contribution < 1.29 is 0 Å². The van der Waals surface area contributed by atoms with Gasteiger partial charge in [-0.1, -0.05) is 30.3 Å². The third-order valence-electron chi connectivity index (χ3n) is 3.49. The molecule has 0 amide bonds. The zero-order chi connectivity index (χ0) is 13.2. The number of para-hydroxylation sites is 1. The first-order chi connectivity index (χ1) is 9.24. The maximum absolute atomic E-state index is 5.92. The van der Waals surface area contributed by atoms with E-state index in [2.05, 4.69) is 41.2 Å². The lowest BCUT2D eigenvalue weighted by Gasteiger charge is -2.03. The highest BCUT2D eigenvalue weighted by Gasteiger charge is 2.06.